The molecule has 1 aromatic heterocycles. The number of rotatable bonds is 5. The largest absolute Gasteiger partial charge is 0.431 e. The third-order valence-electron chi connectivity index (χ3n) is 3.43. The van der Waals surface area contributed by atoms with E-state index in [2.05, 4.69) is 20.9 Å². The molecule has 1 heterocycles. The van der Waals surface area contributed by atoms with E-state index in [9.17, 15) is 14.4 Å². The van der Waals surface area contributed by atoms with Crippen LogP contribution in [0.15, 0.2) is 65.3 Å². The molecule has 0 radical (unpaired) electrons. The van der Waals surface area contributed by atoms with E-state index < -0.39 is 11.8 Å². The van der Waals surface area contributed by atoms with Gasteiger partial charge in [-0.15, -0.1) is 0 Å². The van der Waals surface area contributed by atoms with Crippen molar-refractivity contribution in [2.24, 2.45) is 0 Å². The highest BCUT2D eigenvalue weighted by atomic mass is 16.4. The lowest BCUT2D eigenvalue weighted by Gasteiger charge is -2.06. The third-order valence-corrected chi connectivity index (χ3v) is 3.43. The lowest BCUT2D eigenvalue weighted by Crippen LogP contribution is -2.14. The number of nitrogens with one attached hydrogen (secondary N) is 3. The number of nitrogens with zero attached hydrogens (tertiary/aromatic N) is 1. The number of amides is 3. The molecule has 8 heteroatoms. The van der Waals surface area contributed by atoms with Crippen LogP contribution in [0.4, 0.5) is 17.4 Å². The zero-order chi connectivity index (χ0) is 19.2. The van der Waals surface area contributed by atoms with Crippen LogP contribution < -0.4 is 16.0 Å². The summed E-state index contributed by atoms with van der Waals surface area (Å²) < 4.78 is 5.13. The molecule has 0 aliphatic rings. The van der Waals surface area contributed by atoms with Gasteiger partial charge in [-0.05, 0) is 30.3 Å². The summed E-state index contributed by atoms with van der Waals surface area (Å²) in [6.45, 7) is 1.39. The molecule has 0 atom stereocenters. The van der Waals surface area contributed by atoms with Gasteiger partial charge in [0.15, 0.2) is 5.69 Å². The minimum absolute atomic E-state index is 0.00305. The van der Waals surface area contributed by atoms with Crippen LogP contribution in [0.5, 0.6) is 0 Å². The Balaban J connectivity index is 1.65. The summed E-state index contributed by atoms with van der Waals surface area (Å²) >= 11 is 0. The highest BCUT2D eigenvalue weighted by Gasteiger charge is 2.15. The standard InChI is InChI=1S/C19H16N4O4/c1-12(24)20-14-8-5-9-15(10-14)21-18(26)16-11-27-19(22-16)23-17(25)13-6-3-2-4-7-13/h2-11H,1H3,(H,20,24)(H,21,26)(H,22,23,25). The van der Waals surface area contributed by atoms with Crippen LogP contribution >= 0.6 is 0 Å². The van der Waals surface area contributed by atoms with Crippen molar-refractivity contribution < 1.29 is 18.8 Å². The van der Waals surface area contributed by atoms with E-state index >= 15 is 0 Å². The lowest BCUT2D eigenvalue weighted by atomic mass is 10.2. The molecule has 0 spiro atoms. The fourth-order valence-electron chi connectivity index (χ4n) is 2.27. The molecule has 3 aromatic rings. The van der Waals surface area contributed by atoms with E-state index in [0.29, 0.717) is 16.9 Å². The van der Waals surface area contributed by atoms with Gasteiger partial charge in [0.05, 0.1) is 0 Å². The van der Waals surface area contributed by atoms with Gasteiger partial charge in [0.2, 0.25) is 5.91 Å². The van der Waals surface area contributed by atoms with Gasteiger partial charge in [0, 0.05) is 23.9 Å². The normalized spacial score (nSPS) is 10.1. The lowest BCUT2D eigenvalue weighted by molar-refractivity contribution is -0.114. The van der Waals surface area contributed by atoms with Crippen molar-refractivity contribution in [1.82, 2.24) is 4.98 Å². The van der Waals surface area contributed by atoms with Crippen molar-refractivity contribution in [1.29, 1.82) is 0 Å². The summed E-state index contributed by atoms with van der Waals surface area (Å²) in [5, 5.41) is 7.76. The fraction of sp³-hybridized carbons (Fsp3) is 0.0526. The molecule has 0 unspecified atom stereocenters. The Morgan fingerprint density at radius 1 is 0.852 bits per heavy atom. The molecule has 0 fully saturated rings. The SMILES string of the molecule is CC(=O)Nc1cccc(NC(=O)c2coc(NC(=O)c3ccccc3)n2)c1. The first-order valence-electron chi connectivity index (χ1n) is 8.02. The van der Waals surface area contributed by atoms with E-state index in [1.807, 2.05) is 0 Å². The van der Waals surface area contributed by atoms with Gasteiger partial charge in [-0.25, -0.2) is 0 Å². The summed E-state index contributed by atoms with van der Waals surface area (Å²) in [4.78, 5) is 39.4. The Kier molecular flexibility index (Phi) is 5.27. The Morgan fingerprint density at radius 3 is 2.26 bits per heavy atom. The second-order valence-electron chi connectivity index (χ2n) is 5.57. The summed E-state index contributed by atoms with van der Waals surface area (Å²) in [5.74, 6) is -1.12. The molecule has 27 heavy (non-hydrogen) atoms. The number of carbonyl (C=O) groups excluding carboxylic acids is 3. The number of hydrogen-bond donors (Lipinski definition) is 3. The van der Waals surface area contributed by atoms with E-state index in [0.717, 1.165) is 6.26 Å². The summed E-state index contributed by atoms with van der Waals surface area (Å²) in [5.41, 5.74) is 1.47. The number of hydrogen-bond acceptors (Lipinski definition) is 5. The summed E-state index contributed by atoms with van der Waals surface area (Å²) in [6.07, 6.45) is 1.15. The number of oxazole rings is 1. The van der Waals surface area contributed by atoms with Crippen LogP contribution in [-0.4, -0.2) is 22.7 Å². The van der Waals surface area contributed by atoms with Gasteiger partial charge in [-0.1, -0.05) is 24.3 Å². The first-order valence-corrected chi connectivity index (χ1v) is 8.02. The second-order valence-corrected chi connectivity index (χ2v) is 5.57. The number of benzene rings is 2. The maximum Gasteiger partial charge on any atom is 0.302 e. The fourth-order valence-corrected chi connectivity index (χ4v) is 2.27. The predicted octanol–water partition coefficient (Wildman–Crippen LogP) is 3.14. The number of aromatic nitrogens is 1. The molecule has 3 rings (SSSR count). The van der Waals surface area contributed by atoms with Gasteiger partial charge in [-0.3, -0.25) is 19.7 Å². The monoisotopic (exact) mass is 364 g/mol. The van der Waals surface area contributed by atoms with E-state index in [-0.39, 0.29) is 17.6 Å². The zero-order valence-corrected chi connectivity index (χ0v) is 14.4. The molecule has 0 saturated carbocycles. The molecule has 0 bridgehead atoms. The van der Waals surface area contributed by atoms with Crippen LogP contribution in [0.25, 0.3) is 0 Å². The second kappa shape index (κ2) is 7.96. The number of carbonyl (C=O) groups is 3. The Bertz CT molecular complexity index is 982. The Hall–Kier alpha value is -3.94. The number of anilines is 3. The average molecular weight is 364 g/mol. The maximum absolute atomic E-state index is 12.3. The highest BCUT2D eigenvalue weighted by molar-refractivity contribution is 6.05. The van der Waals surface area contributed by atoms with Crippen molar-refractivity contribution in [3.8, 4) is 0 Å². The Labute approximate surface area is 154 Å². The van der Waals surface area contributed by atoms with Gasteiger partial charge in [0.25, 0.3) is 11.8 Å². The quantitative estimate of drug-likeness (QED) is 0.644. The Morgan fingerprint density at radius 2 is 1.56 bits per heavy atom. The zero-order valence-electron chi connectivity index (χ0n) is 14.4. The van der Waals surface area contributed by atoms with Crippen molar-refractivity contribution in [2.75, 3.05) is 16.0 Å². The van der Waals surface area contributed by atoms with Gasteiger partial charge < -0.3 is 15.1 Å². The van der Waals surface area contributed by atoms with Crippen LogP contribution in [-0.2, 0) is 4.79 Å². The molecular formula is C19H16N4O4. The molecule has 3 amide bonds. The van der Waals surface area contributed by atoms with Crippen molar-refractivity contribution >= 4 is 35.1 Å². The van der Waals surface area contributed by atoms with Crippen molar-refractivity contribution in [2.45, 2.75) is 6.92 Å². The highest BCUT2D eigenvalue weighted by Crippen LogP contribution is 2.17. The first-order chi connectivity index (χ1) is 13.0. The summed E-state index contributed by atoms with van der Waals surface area (Å²) in [6, 6.07) is 15.1. The first kappa shape index (κ1) is 17.9. The van der Waals surface area contributed by atoms with Crippen molar-refractivity contribution in [3.05, 3.63) is 72.1 Å². The van der Waals surface area contributed by atoms with Crippen LogP contribution in [0.1, 0.15) is 27.8 Å². The van der Waals surface area contributed by atoms with Gasteiger partial charge in [-0.2, -0.15) is 4.98 Å². The van der Waals surface area contributed by atoms with E-state index in [1.54, 1.807) is 54.6 Å². The van der Waals surface area contributed by atoms with Gasteiger partial charge >= 0.3 is 6.01 Å². The van der Waals surface area contributed by atoms with E-state index in [1.165, 1.54) is 6.92 Å². The molecule has 136 valence electrons. The van der Waals surface area contributed by atoms with Crippen LogP contribution in [0.2, 0.25) is 0 Å². The van der Waals surface area contributed by atoms with Crippen LogP contribution in [0, 0.1) is 0 Å². The molecule has 0 aliphatic carbocycles. The predicted molar refractivity (Wildman–Crippen MR) is 99.6 cm³/mol. The minimum Gasteiger partial charge on any atom is -0.431 e. The van der Waals surface area contributed by atoms with Crippen LogP contribution in [0.3, 0.4) is 0 Å². The average Bonchev–Trinajstić information content (AvgIpc) is 3.11. The molecule has 8 nitrogen and oxygen atoms in total. The molecular weight excluding hydrogens is 348 g/mol. The smallest absolute Gasteiger partial charge is 0.302 e. The molecule has 3 N–H and O–H groups in total. The van der Waals surface area contributed by atoms with E-state index in [4.69, 9.17) is 4.42 Å². The molecule has 0 aliphatic heterocycles. The maximum atomic E-state index is 12.3. The summed E-state index contributed by atoms with van der Waals surface area (Å²) in [7, 11) is 0. The van der Waals surface area contributed by atoms with Gasteiger partial charge in [0.1, 0.15) is 6.26 Å². The topological polar surface area (TPSA) is 113 Å². The molecule has 2 aromatic carbocycles. The molecule has 0 saturated heterocycles. The third kappa shape index (κ3) is 4.79. The van der Waals surface area contributed by atoms with Crippen molar-refractivity contribution in [3.63, 3.8) is 0 Å². The minimum atomic E-state index is -0.515.